The second kappa shape index (κ2) is 7.30. The first-order chi connectivity index (χ1) is 10.0. The third kappa shape index (κ3) is 4.47. The highest BCUT2D eigenvalue weighted by molar-refractivity contribution is 7.91. The summed E-state index contributed by atoms with van der Waals surface area (Å²) in [6.07, 6.45) is 5.77. The molecule has 0 aromatic heterocycles. The second-order valence-corrected chi connectivity index (χ2v) is 8.41. The van der Waals surface area contributed by atoms with Crippen molar-refractivity contribution in [2.24, 2.45) is 11.8 Å². The summed E-state index contributed by atoms with van der Waals surface area (Å²) >= 11 is 0. The SMILES string of the molecule is CCCS(=O)(=O)c1ccccc1NCC1CCCC(C)C1. The smallest absolute Gasteiger partial charge is 0.180 e. The fourth-order valence-electron chi connectivity index (χ4n) is 3.26. The van der Waals surface area contributed by atoms with Gasteiger partial charge in [0.25, 0.3) is 0 Å². The Morgan fingerprint density at radius 2 is 2.00 bits per heavy atom. The molecule has 1 aromatic carbocycles. The third-order valence-electron chi connectivity index (χ3n) is 4.32. The molecule has 1 aliphatic carbocycles. The van der Waals surface area contributed by atoms with Crippen LogP contribution in [0.4, 0.5) is 5.69 Å². The molecule has 1 saturated carbocycles. The number of rotatable bonds is 6. The molecule has 3 nitrogen and oxygen atoms in total. The zero-order valence-corrected chi connectivity index (χ0v) is 14.0. The lowest BCUT2D eigenvalue weighted by Crippen LogP contribution is -2.22. The van der Waals surface area contributed by atoms with Crippen LogP contribution in [0.2, 0.25) is 0 Å². The predicted molar refractivity (Wildman–Crippen MR) is 88.4 cm³/mol. The van der Waals surface area contributed by atoms with Gasteiger partial charge in [0.15, 0.2) is 9.84 Å². The van der Waals surface area contributed by atoms with Crippen molar-refractivity contribution in [3.8, 4) is 0 Å². The zero-order valence-electron chi connectivity index (χ0n) is 13.1. The highest BCUT2D eigenvalue weighted by atomic mass is 32.2. The van der Waals surface area contributed by atoms with Crippen molar-refractivity contribution in [3.63, 3.8) is 0 Å². The van der Waals surface area contributed by atoms with Crippen molar-refractivity contribution in [3.05, 3.63) is 24.3 Å². The van der Waals surface area contributed by atoms with Gasteiger partial charge in [0.2, 0.25) is 0 Å². The van der Waals surface area contributed by atoms with Gasteiger partial charge in [-0.3, -0.25) is 0 Å². The molecule has 0 heterocycles. The highest BCUT2D eigenvalue weighted by Gasteiger charge is 2.21. The summed E-state index contributed by atoms with van der Waals surface area (Å²) in [4.78, 5) is 0.454. The third-order valence-corrected chi connectivity index (χ3v) is 6.29. The van der Waals surface area contributed by atoms with Crippen LogP contribution >= 0.6 is 0 Å². The van der Waals surface area contributed by atoms with E-state index in [1.165, 1.54) is 25.7 Å². The van der Waals surface area contributed by atoms with Gasteiger partial charge < -0.3 is 5.32 Å². The van der Waals surface area contributed by atoms with Crippen LogP contribution in [0, 0.1) is 11.8 Å². The topological polar surface area (TPSA) is 46.2 Å². The summed E-state index contributed by atoms with van der Waals surface area (Å²) in [6, 6.07) is 7.30. The number of hydrogen-bond donors (Lipinski definition) is 1. The fourth-order valence-corrected chi connectivity index (χ4v) is 4.78. The van der Waals surface area contributed by atoms with E-state index in [0.29, 0.717) is 17.2 Å². The van der Waals surface area contributed by atoms with Crippen LogP contribution in [0.5, 0.6) is 0 Å². The average Bonchev–Trinajstić information content (AvgIpc) is 2.45. The first kappa shape index (κ1) is 16.3. The van der Waals surface area contributed by atoms with E-state index in [4.69, 9.17) is 0 Å². The van der Waals surface area contributed by atoms with Gasteiger partial charge in [-0.1, -0.05) is 38.8 Å². The molecule has 1 aromatic rings. The minimum absolute atomic E-state index is 0.214. The predicted octanol–water partition coefficient (Wildman–Crippen LogP) is 4.11. The van der Waals surface area contributed by atoms with Crippen molar-refractivity contribution >= 4 is 15.5 Å². The van der Waals surface area contributed by atoms with Crippen LogP contribution in [0.3, 0.4) is 0 Å². The Labute approximate surface area is 129 Å². The molecular formula is C17H27NO2S. The van der Waals surface area contributed by atoms with Gasteiger partial charge in [-0.05, 0) is 43.2 Å². The maximum Gasteiger partial charge on any atom is 0.180 e. The second-order valence-electron chi connectivity index (χ2n) is 6.33. The Hall–Kier alpha value is -1.03. The number of nitrogens with one attached hydrogen (secondary N) is 1. The van der Waals surface area contributed by atoms with E-state index in [9.17, 15) is 8.42 Å². The normalized spacial score (nSPS) is 23.0. The van der Waals surface area contributed by atoms with Gasteiger partial charge in [-0.15, -0.1) is 0 Å². The standard InChI is InChI=1S/C17H27NO2S/c1-3-11-21(19,20)17-10-5-4-9-16(17)18-13-15-8-6-7-14(2)12-15/h4-5,9-10,14-15,18H,3,6-8,11-13H2,1-2H3. The summed E-state index contributed by atoms with van der Waals surface area (Å²) < 4.78 is 24.6. The summed E-state index contributed by atoms with van der Waals surface area (Å²) in [6.45, 7) is 5.09. The van der Waals surface area contributed by atoms with Gasteiger partial charge >= 0.3 is 0 Å². The Balaban J connectivity index is 2.06. The van der Waals surface area contributed by atoms with E-state index in [2.05, 4.69) is 12.2 Å². The molecule has 2 atom stereocenters. The van der Waals surface area contributed by atoms with Crippen LogP contribution < -0.4 is 5.32 Å². The Bertz CT molecular complexity index is 554. The van der Waals surface area contributed by atoms with Crippen molar-refractivity contribution in [2.45, 2.75) is 50.8 Å². The van der Waals surface area contributed by atoms with Crippen LogP contribution in [0.1, 0.15) is 46.0 Å². The lowest BCUT2D eigenvalue weighted by molar-refractivity contribution is 0.293. The first-order valence-corrected chi connectivity index (χ1v) is 9.74. The summed E-state index contributed by atoms with van der Waals surface area (Å²) in [7, 11) is -3.17. The summed E-state index contributed by atoms with van der Waals surface area (Å²) in [5.74, 6) is 1.67. The quantitative estimate of drug-likeness (QED) is 0.860. The number of hydrogen-bond acceptors (Lipinski definition) is 3. The summed E-state index contributed by atoms with van der Waals surface area (Å²) in [5, 5.41) is 3.39. The number of benzene rings is 1. The molecule has 0 bridgehead atoms. The largest absolute Gasteiger partial charge is 0.384 e. The molecular weight excluding hydrogens is 282 g/mol. The molecule has 0 aliphatic heterocycles. The van der Waals surface area contributed by atoms with E-state index in [0.717, 1.165) is 18.2 Å². The maximum absolute atomic E-state index is 12.3. The molecule has 0 radical (unpaired) electrons. The molecule has 118 valence electrons. The molecule has 0 saturated heterocycles. The molecule has 21 heavy (non-hydrogen) atoms. The van der Waals surface area contributed by atoms with Gasteiger partial charge in [0.1, 0.15) is 0 Å². The monoisotopic (exact) mass is 309 g/mol. The summed E-state index contributed by atoms with van der Waals surface area (Å²) in [5.41, 5.74) is 0.768. The van der Waals surface area contributed by atoms with Gasteiger partial charge in [0.05, 0.1) is 16.3 Å². The van der Waals surface area contributed by atoms with Gasteiger partial charge in [-0.2, -0.15) is 0 Å². The number of sulfone groups is 1. The van der Waals surface area contributed by atoms with Crippen molar-refractivity contribution in [1.29, 1.82) is 0 Å². The van der Waals surface area contributed by atoms with E-state index in [-0.39, 0.29) is 5.75 Å². The molecule has 1 fully saturated rings. The fraction of sp³-hybridized carbons (Fsp3) is 0.647. The lowest BCUT2D eigenvalue weighted by Gasteiger charge is -2.27. The lowest BCUT2D eigenvalue weighted by atomic mass is 9.82. The van der Waals surface area contributed by atoms with E-state index < -0.39 is 9.84 Å². The van der Waals surface area contributed by atoms with Crippen LogP contribution in [0.25, 0.3) is 0 Å². The Morgan fingerprint density at radius 3 is 2.71 bits per heavy atom. The molecule has 4 heteroatoms. The highest BCUT2D eigenvalue weighted by Crippen LogP contribution is 2.29. The molecule has 2 unspecified atom stereocenters. The molecule has 0 amide bonds. The van der Waals surface area contributed by atoms with Gasteiger partial charge in [0, 0.05) is 6.54 Å². The molecule has 1 aliphatic rings. The van der Waals surface area contributed by atoms with E-state index in [1.807, 2.05) is 19.1 Å². The van der Waals surface area contributed by atoms with Crippen molar-refractivity contribution < 1.29 is 8.42 Å². The van der Waals surface area contributed by atoms with Crippen molar-refractivity contribution in [1.82, 2.24) is 0 Å². The van der Waals surface area contributed by atoms with Crippen LogP contribution in [-0.4, -0.2) is 20.7 Å². The number of anilines is 1. The molecule has 0 spiro atoms. The zero-order chi connectivity index (χ0) is 15.3. The number of para-hydroxylation sites is 1. The Morgan fingerprint density at radius 1 is 1.24 bits per heavy atom. The minimum Gasteiger partial charge on any atom is -0.384 e. The van der Waals surface area contributed by atoms with E-state index >= 15 is 0 Å². The maximum atomic E-state index is 12.3. The first-order valence-electron chi connectivity index (χ1n) is 8.08. The van der Waals surface area contributed by atoms with Crippen LogP contribution in [0.15, 0.2) is 29.2 Å². The minimum atomic E-state index is -3.17. The van der Waals surface area contributed by atoms with E-state index in [1.54, 1.807) is 12.1 Å². The van der Waals surface area contributed by atoms with Gasteiger partial charge in [-0.25, -0.2) is 8.42 Å². The van der Waals surface area contributed by atoms with Crippen molar-refractivity contribution in [2.75, 3.05) is 17.6 Å². The average molecular weight is 309 g/mol. The molecule has 1 N–H and O–H groups in total. The van der Waals surface area contributed by atoms with Crippen LogP contribution in [-0.2, 0) is 9.84 Å². The molecule has 2 rings (SSSR count). The Kier molecular flexibility index (Phi) is 5.68.